The SMILES string of the molecule is CCc1ccc(CC)c(C(=O)c2ccc(Br)cc2F)c1. The predicted octanol–water partition coefficient (Wildman–Crippen LogP) is 4.94. The summed E-state index contributed by atoms with van der Waals surface area (Å²) in [4.78, 5) is 12.6. The van der Waals surface area contributed by atoms with E-state index in [0.29, 0.717) is 10.0 Å². The third kappa shape index (κ3) is 2.98. The summed E-state index contributed by atoms with van der Waals surface area (Å²) < 4.78 is 14.6. The zero-order valence-electron chi connectivity index (χ0n) is 11.5. The van der Waals surface area contributed by atoms with Crippen LogP contribution in [0.5, 0.6) is 0 Å². The van der Waals surface area contributed by atoms with E-state index in [-0.39, 0.29) is 11.3 Å². The smallest absolute Gasteiger partial charge is 0.196 e. The van der Waals surface area contributed by atoms with E-state index >= 15 is 0 Å². The van der Waals surface area contributed by atoms with E-state index in [4.69, 9.17) is 0 Å². The Morgan fingerprint density at radius 3 is 2.40 bits per heavy atom. The number of hydrogen-bond donors (Lipinski definition) is 0. The van der Waals surface area contributed by atoms with Crippen LogP contribution in [0.15, 0.2) is 40.9 Å². The summed E-state index contributed by atoms with van der Waals surface area (Å²) in [5.41, 5.74) is 2.77. The number of carbonyl (C=O) groups is 1. The molecule has 0 N–H and O–H groups in total. The summed E-state index contributed by atoms with van der Waals surface area (Å²) >= 11 is 3.20. The van der Waals surface area contributed by atoms with E-state index in [2.05, 4.69) is 15.9 Å². The van der Waals surface area contributed by atoms with Gasteiger partial charge in [0.05, 0.1) is 5.56 Å². The molecular weight excluding hydrogens is 319 g/mol. The average molecular weight is 335 g/mol. The predicted molar refractivity (Wildman–Crippen MR) is 82.7 cm³/mol. The van der Waals surface area contributed by atoms with Crippen LogP contribution in [-0.4, -0.2) is 5.78 Å². The molecule has 0 radical (unpaired) electrons. The molecule has 0 atom stereocenters. The Morgan fingerprint density at radius 1 is 1.05 bits per heavy atom. The van der Waals surface area contributed by atoms with Gasteiger partial charge in [0.25, 0.3) is 0 Å². The molecule has 104 valence electrons. The second kappa shape index (κ2) is 6.31. The molecule has 0 aliphatic rings. The molecule has 0 saturated heterocycles. The Kier molecular flexibility index (Phi) is 4.71. The molecule has 0 fully saturated rings. The zero-order chi connectivity index (χ0) is 14.7. The number of halogens is 2. The summed E-state index contributed by atoms with van der Waals surface area (Å²) in [5, 5.41) is 0. The molecule has 0 unspecified atom stereocenters. The quantitative estimate of drug-likeness (QED) is 0.723. The Hall–Kier alpha value is -1.48. The second-order valence-electron chi connectivity index (χ2n) is 4.65. The van der Waals surface area contributed by atoms with Gasteiger partial charge < -0.3 is 0 Å². The van der Waals surface area contributed by atoms with E-state index in [0.717, 1.165) is 24.0 Å². The molecule has 2 aromatic carbocycles. The normalized spacial score (nSPS) is 10.6. The van der Waals surface area contributed by atoms with Crippen LogP contribution in [0.3, 0.4) is 0 Å². The first-order valence-electron chi connectivity index (χ1n) is 6.68. The van der Waals surface area contributed by atoms with Crippen molar-refractivity contribution in [3.05, 3.63) is 68.9 Å². The van der Waals surface area contributed by atoms with Gasteiger partial charge in [-0.15, -0.1) is 0 Å². The lowest BCUT2D eigenvalue weighted by Crippen LogP contribution is -2.08. The molecule has 3 heteroatoms. The van der Waals surface area contributed by atoms with Crippen LogP contribution in [-0.2, 0) is 12.8 Å². The fourth-order valence-corrected chi connectivity index (χ4v) is 2.52. The number of rotatable bonds is 4. The molecule has 0 heterocycles. The van der Waals surface area contributed by atoms with Crippen molar-refractivity contribution in [2.24, 2.45) is 0 Å². The first-order valence-corrected chi connectivity index (χ1v) is 7.47. The Bertz CT molecular complexity index is 649. The maximum Gasteiger partial charge on any atom is 0.196 e. The van der Waals surface area contributed by atoms with Crippen LogP contribution in [0.25, 0.3) is 0 Å². The summed E-state index contributed by atoms with van der Waals surface area (Å²) in [6.45, 7) is 4.03. The minimum atomic E-state index is -0.492. The highest BCUT2D eigenvalue weighted by molar-refractivity contribution is 9.10. The van der Waals surface area contributed by atoms with Crippen molar-refractivity contribution < 1.29 is 9.18 Å². The van der Waals surface area contributed by atoms with E-state index in [9.17, 15) is 9.18 Å². The van der Waals surface area contributed by atoms with E-state index in [1.165, 1.54) is 12.1 Å². The van der Waals surface area contributed by atoms with Crippen LogP contribution in [0.4, 0.5) is 4.39 Å². The molecule has 20 heavy (non-hydrogen) atoms. The van der Waals surface area contributed by atoms with Crippen molar-refractivity contribution in [2.75, 3.05) is 0 Å². The van der Waals surface area contributed by atoms with Gasteiger partial charge >= 0.3 is 0 Å². The number of ketones is 1. The van der Waals surface area contributed by atoms with Crippen molar-refractivity contribution in [1.29, 1.82) is 0 Å². The molecule has 0 saturated carbocycles. The minimum absolute atomic E-state index is 0.121. The van der Waals surface area contributed by atoms with Crippen molar-refractivity contribution in [3.63, 3.8) is 0 Å². The summed E-state index contributed by atoms with van der Waals surface area (Å²) in [6, 6.07) is 10.4. The standard InChI is InChI=1S/C17H16BrFO/c1-3-11-5-6-12(4-2)15(9-11)17(20)14-8-7-13(18)10-16(14)19/h5-10H,3-4H2,1-2H3. The second-order valence-corrected chi connectivity index (χ2v) is 5.57. The van der Waals surface area contributed by atoms with E-state index in [1.807, 2.05) is 32.0 Å². The molecule has 2 rings (SSSR count). The Morgan fingerprint density at radius 2 is 1.80 bits per heavy atom. The van der Waals surface area contributed by atoms with Crippen molar-refractivity contribution >= 4 is 21.7 Å². The Labute approximate surface area is 127 Å². The first-order chi connectivity index (χ1) is 9.56. The molecule has 0 amide bonds. The molecular formula is C17H16BrFO. The van der Waals surface area contributed by atoms with Gasteiger partial charge in [-0.2, -0.15) is 0 Å². The third-order valence-electron chi connectivity index (χ3n) is 3.38. The topological polar surface area (TPSA) is 17.1 Å². The van der Waals surface area contributed by atoms with Gasteiger partial charge in [0.1, 0.15) is 5.82 Å². The largest absolute Gasteiger partial charge is 0.288 e. The molecule has 0 aromatic heterocycles. The van der Waals surface area contributed by atoms with Crippen molar-refractivity contribution in [1.82, 2.24) is 0 Å². The average Bonchev–Trinajstić information content (AvgIpc) is 2.46. The molecule has 0 aliphatic heterocycles. The molecule has 0 spiro atoms. The van der Waals surface area contributed by atoms with Gasteiger partial charge in [-0.3, -0.25) is 4.79 Å². The lowest BCUT2D eigenvalue weighted by molar-refractivity contribution is 0.103. The molecule has 0 aliphatic carbocycles. The third-order valence-corrected chi connectivity index (χ3v) is 3.88. The fraction of sp³-hybridized carbons (Fsp3) is 0.235. The Balaban J connectivity index is 2.51. The highest BCUT2D eigenvalue weighted by Crippen LogP contribution is 2.22. The maximum atomic E-state index is 14.0. The monoisotopic (exact) mass is 334 g/mol. The fourth-order valence-electron chi connectivity index (χ4n) is 2.18. The van der Waals surface area contributed by atoms with Crippen LogP contribution in [0.1, 0.15) is 40.9 Å². The first kappa shape index (κ1) is 14.9. The highest BCUT2D eigenvalue weighted by atomic mass is 79.9. The number of carbonyl (C=O) groups excluding carboxylic acids is 1. The zero-order valence-corrected chi connectivity index (χ0v) is 13.1. The summed E-state index contributed by atoms with van der Waals surface area (Å²) in [5.74, 6) is -0.740. The summed E-state index contributed by atoms with van der Waals surface area (Å²) in [6.07, 6.45) is 1.61. The van der Waals surface area contributed by atoms with E-state index in [1.54, 1.807) is 6.07 Å². The van der Waals surface area contributed by atoms with Gasteiger partial charge in [0, 0.05) is 10.0 Å². The number of hydrogen-bond acceptors (Lipinski definition) is 1. The molecule has 1 nitrogen and oxygen atoms in total. The highest BCUT2D eigenvalue weighted by Gasteiger charge is 2.17. The van der Waals surface area contributed by atoms with E-state index < -0.39 is 5.82 Å². The number of benzene rings is 2. The lowest BCUT2D eigenvalue weighted by Gasteiger charge is -2.10. The minimum Gasteiger partial charge on any atom is -0.288 e. The van der Waals surface area contributed by atoms with Gasteiger partial charge in [-0.25, -0.2) is 4.39 Å². The van der Waals surface area contributed by atoms with Crippen molar-refractivity contribution in [2.45, 2.75) is 26.7 Å². The van der Waals surface area contributed by atoms with Gasteiger partial charge in [-0.1, -0.05) is 41.9 Å². The van der Waals surface area contributed by atoms with Crippen LogP contribution < -0.4 is 0 Å². The summed E-state index contributed by atoms with van der Waals surface area (Å²) in [7, 11) is 0. The van der Waals surface area contributed by atoms with Crippen LogP contribution in [0, 0.1) is 5.82 Å². The molecule has 2 aromatic rings. The van der Waals surface area contributed by atoms with Crippen LogP contribution in [0.2, 0.25) is 0 Å². The lowest BCUT2D eigenvalue weighted by atomic mass is 9.94. The van der Waals surface area contributed by atoms with Gasteiger partial charge in [0.2, 0.25) is 0 Å². The van der Waals surface area contributed by atoms with Crippen LogP contribution >= 0.6 is 15.9 Å². The maximum absolute atomic E-state index is 14.0. The van der Waals surface area contributed by atoms with Gasteiger partial charge in [0.15, 0.2) is 5.78 Å². The van der Waals surface area contributed by atoms with Crippen molar-refractivity contribution in [3.8, 4) is 0 Å². The molecule has 0 bridgehead atoms. The van der Waals surface area contributed by atoms with Gasteiger partial charge in [-0.05, 0) is 48.2 Å². The number of aryl methyl sites for hydroxylation is 2.